The molecule has 0 bridgehead atoms. The van der Waals surface area contributed by atoms with Crippen molar-refractivity contribution in [3.05, 3.63) is 52.2 Å². The summed E-state index contributed by atoms with van der Waals surface area (Å²) in [4.78, 5) is 18.6. The molecule has 2 aliphatic rings. The summed E-state index contributed by atoms with van der Waals surface area (Å²) in [5.74, 6) is 3.19. The van der Waals surface area contributed by atoms with Crippen LogP contribution in [-0.2, 0) is 17.8 Å². The molecule has 0 spiro atoms. The smallest absolute Gasteiger partial charge is 0.159 e. The monoisotopic (exact) mass is 430 g/mol. The highest BCUT2D eigenvalue weighted by Gasteiger charge is 2.24. The van der Waals surface area contributed by atoms with Crippen molar-refractivity contribution < 1.29 is 4.74 Å². The lowest BCUT2D eigenvalue weighted by Crippen LogP contribution is -2.47. The van der Waals surface area contributed by atoms with Crippen LogP contribution in [0.3, 0.4) is 0 Å². The summed E-state index contributed by atoms with van der Waals surface area (Å²) >= 11 is 0. The fourth-order valence-electron chi connectivity index (χ4n) is 4.41. The van der Waals surface area contributed by atoms with E-state index in [-0.39, 0.29) is 0 Å². The maximum absolute atomic E-state index is 9.68. The zero-order chi connectivity index (χ0) is 22.2. The summed E-state index contributed by atoms with van der Waals surface area (Å²) in [6, 6.07) is 8.31. The number of ether oxygens (including phenoxy) is 1. The average Bonchev–Trinajstić information content (AvgIpc) is 3.15. The Morgan fingerprint density at radius 3 is 2.41 bits per heavy atom. The first-order chi connectivity index (χ1) is 15.5. The Kier molecular flexibility index (Phi) is 5.23. The Labute approximate surface area is 187 Å². The van der Waals surface area contributed by atoms with Crippen LogP contribution >= 0.6 is 0 Å². The topological polar surface area (TPSA) is 96.0 Å². The van der Waals surface area contributed by atoms with Gasteiger partial charge in [-0.15, -0.1) is 0 Å². The number of hydrogen-bond acceptors (Lipinski definition) is 8. The first kappa shape index (κ1) is 20.4. The van der Waals surface area contributed by atoms with Crippen molar-refractivity contribution in [2.24, 2.45) is 0 Å². The number of aryl methyl sites for hydroxylation is 3. The van der Waals surface area contributed by atoms with Gasteiger partial charge in [-0.05, 0) is 32.9 Å². The molecule has 0 amide bonds. The molecule has 32 heavy (non-hydrogen) atoms. The molecule has 0 aromatic carbocycles. The van der Waals surface area contributed by atoms with Crippen LogP contribution < -0.4 is 9.80 Å². The quantitative estimate of drug-likeness (QED) is 0.624. The highest BCUT2D eigenvalue weighted by molar-refractivity contribution is 5.58. The summed E-state index contributed by atoms with van der Waals surface area (Å²) in [5.41, 5.74) is 4.71. The first-order valence-electron chi connectivity index (χ1n) is 10.9. The normalized spacial score (nSPS) is 16.1. The van der Waals surface area contributed by atoms with Gasteiger partial charge in [-0.1, -0.05) is 0 Å². The summed E-state index contributed by atoms with van der Waals surface area (Å²) in [5, 5.41) is 14.2. The molecule has 5 heterocycles. The van der Waals surface area contributed by atoms with Gasteiger partial charge in [0.1, 0.15) is 23.5 Å². The molecule has 3 aromatic heterocycles. The molecule has 0 atom stereocenters. The van der Waals surface area contributed by atoms with Crippen LogP contribution in [0.2, 0.25) is 0 Å². The zero-order valence-electron chi connectivity index (χ0n) is 18.7. The van der Waals surface area contributed by atoms with E-state index in [0.29, 0.717) is 18.8 Å². The van der Waals surface area contributed by atoms with Gasteiger partial charge in [0, 0.05) is 49.9 Å². The number of aromatic nitrogens is 5. The van der Waals surface area contributed by atoms with E-state index >= 15 is 0 Å². The zero-order valence-corrected chi connectivity index (χ0v) is 18.7. The van der Waals surface area contributed by atoms with Crippen molar-refractivity contribution in [3.8, 4) is 11.9 Å². The minimum Gasteiger partial charge on any atom is -0.376 e. The van der Waals surface area contributed by atoms with E-state index in [4.69, 9.17) is 9.72 Å². The third-order valence-electron chi connectivity index (χ3n) is 5.97. The van der Waals surface area contributed by atoms with Crippen molar-refractivity contribution in [1.82, 2.24) is 24.7 Å². The first-order valence-corrected chi connectivity index (χ1v) is 10.9. The van der Waals surface area contributed by atoms with Gasteiger partial charge in [0.15, 0.2) is 5.82 Å². The molecule has 0 N–H and O–H groups in total. The largest absolute Gasteiger partial charge is 0.376 e. The number of rotatable bonds is 3. The number of hydrogen-bond donors (Lipinski definition) is 0. The molecule has 164 valence electrons. The molecular formula is C23H26N8O. The van der Waals surface area contributed by atoms with Gasteiger partial charge in [-0.3, -0.25) is 0 Å². The van der Waals surface area contributed by atoms with Crippen molar-refractivity contribution in [2.75, 3.05) is 42.6 Å². The number of anilines is 2. The summed E-state index contributed by atoms with van der Waals surface area (Å²) in [7, 11) is 0. The summed E-state index contributed by atoms with van der Waals surface area (Å²) < 4.78 is 7.38. The maximum atomic E-state index is 9.68. The van der Waals surface area contributed by atoms with Gasteiger partial charge in [-0.2, -0.15) is 10.4 Å². The minimum atomic E-state index is 0.537. The number of piperazine rings is 1. The standard InChI is InChI=1S/C23H26N8O/c1-15-10-16(2)31(28-15)22-12-21(25-17(3)26-22)29-5-7-30(8-6-29)23-18(13-24)11-19-14-32-9-4-20(19)27-23/h10-12H,4-9,14H2,1-3H3. The highest BCUT2D eigenvalue weighted by atomic mass is 16.5. The van der Waals surface area contributed by atoms with E-state index < -0.39 is 0 Å². The summed E-state index contributed by atoms with van der Waals surface area (Å²) in [6.07, 6.45) is 0.795. The third kappa shape index (κ3) is 3.78. The molecule has 9 nitrogen and oxygen atoms in total. The Morgan fingerprint density at radius 1 is 0.938 bits per heavy atom. The lowest BCUT2D eigenvalue weighted by molar-refractivity contribution is 0.109. The molecule has 1 saturated heterocycles. The van der Waals surface area contributed by atoms with Crippen LogP contribution in [0.25, 0.3) is 5.82 Å². The molecule has 0 saturated carbocycles. The Hall–Kier alpha value is -3.51. The van der Waals surface area contributed by atoms with Crippen LogP contribution in [0, 0.1) is 32.1 Å². The molecule has 9 heteroatoms. The van der Waals surface area contributed by atoms with Crippen molar-refractivity contribution in [1.29, 1.82) is 5.26 Å². The predicted molar refractivity (Wildman–Crippen MR) is 120 cm³/mol. The highest BCUT2D eigenvalue weighted by Crippen LogP contribution is 2.26. The van der Waals surface area contributed by atoms with Gasteiger partial charge >= 0.3 is 0 Å². The SMILES string of the molecule is Cc1cc(C)n(-c2cc(N3CCN(c4nc5c(cc4C#N)COCC5)CC3)nc(C)n2)n1. The molecule has 0 radical (unpaired) electrons. The molecular weight excluding hydrogens is 404 g/mol. The van der Waals surface area contributed by atoms with Crippen LogP contribution in [-0.4, -0.2) is 57.5 Å². The van der Waals surface area contributed by atoms with Crippen LogP contribution in [0.4, 0.5) is 11.6 Å². The van der Waals surface area contributed by atoms with Crippen molar-refractivity contribution >= 4 is 11.6 Å². The van der Waals surface area contributed by atoms with Crippen molar-refractivity contribution in [2.45, 2.75) is 33.8 Å². The van der Waals surface area contributed by atoms with Crippen LogP contribution in [0.5, 0.6) is 0 Å². The molecule has 2 aliphatic heterocycles. The maximum Gasteiger partial charge on any atom is 0.159 e. The van der Waals surface area contributed by atoms with Gasteiger partial charge in [0.25, 0.3) is 0 Å². The Morgan fingerprint density at radius 2 is 1.69 bits per heavy atom. The molecule has 0 aliphatic carbocycles. The fraction of sp³-hybridized carbons (Fsp3) is 0.435. The molecule has 0 unspecified atom stereocenters. The van der Waals surface area contributed by atoms with Gasteiger partial charge in [0.05, 0.1) is 30.2 Å². The Bertz CT molecular complexity index is 1200. The van der Waals surface area contributed by atoms with E-state index in [9.17, 15) is 5.26 Å². The van der Waals surface area contributed by atoms with E-state index in [1.54, 1.807) is 0 Å². The molecule has 1 fully saturated rings. The molecule has 5 rings (SSSR count). The number of pyridine rings is 1. The van der Waals surface area contributed by atoms with Crippen LogP contribution in [0.15, 0.2) is 18.2 Å². The number of nitrogens with zero attached hydrogens (tertiary/aromatic N) is 8. The lowest BCUT2D eigenvalue weighted by Gasteiger charge is -2.37. The Balaban J connectivity index is 1.37. The lowest BCUT2D eigenvalue weighted by atomic mass is 10.1. The van der Waals surface area contributed by atoms with Crippen molar-refractivity contribution in [3.63, 3.8) is 0 Å². The molecule has 3 aromatic rings. The van der Waals surface area contributed by atoms with E-state index in [1.165, 1.54) is 0 Å². The van der Waals surface area contributed by atoms with Crippen LogP contribution in [0.1, 0.15) is 34.0 Å². The van der Waals surface area contributed by atoms with E-state index in [0.717, 1.165) is 78.5 Å². The van der Waals surface area contributed by atoms with Gasteiger partial charge in [-0.25, -0.2) is 19.6 Å². The van der Waals surface area contributed by atoms with E-state index in [1.807, 2.05) is 43.7 Å². The average molecular weight is 431 g/mol. The third-order valence-corrected chi connectivity index (χ3v) is 5.97. The minimum absolute atomic E-state index is 0.537. The number of fused-ring (bicyclic) bond motifs is 1. The predicted octanol–water partition coefficient (Wildman–Crippen LogP) is 2.25. The summed E-state index contributed by atoms with van der Waals surface area (Å²) in [6.45, 7) is 10.3. The fourth-order valence-corrected chi connectivity index (χ4v) is 4.41. The second-order valence-electron chi connectivity index (χ2n) is 8.32. The second-order valence-corrected chi connectivity index (χ2v) is 8.32. The van der Waals surface area contributed by atoms with E-state index in [2.05, 4.69) is 30.9 Å². The van der Waals surface area contributed by atoms with Gasteiger partial charge < -0.3 is 14.5 Å². The van der Waals surface area contributed by atoms with Gasteiger partial charge in [0.2, 0.25) is 0 Å². The number of nitriles is 1. The second kappa shape index (κ2) is 8.20.